The summed E-state index contributed by atoms with van der Waals surface area (Å²) in [7, 11) is 0. The molecule has 1 N–H and O–H groups in total. The van der Waals surface area contributed by atoms with Crippen LogP contribution in [0.5, 0.6) is 0 Å². The lowest BCUT2D eigenvalue weighted by molar-refractivity contribution is 0.443. The fraction of sp³-hybridized carbons (Fsp3) is 0.286. The van der Waals surface area contributed by atoms with Crippen molar-refractivity contribution in [1.82, 2.24) is 5.32 Å². The van der Waals surface area contributed by atoms with Crippen LogP contribution in [-0.2, 0) is 0 Å². The zero-order valence-corrected chi connectivity index (χ0v) is 14.3. The van der Waals surface area contributed by atoms with Gasteiger partial charge >= 0.3 is 0 Å². The number of hydrogen-bond donors (Lipinski definition) is 1. The SMILES string of the molecule is CCCNC(c1cc(Cl)ccc1Br)c1occc1Br. The van der Waals surface area contributed by atoms with Crippen molar-refractivity contribution < 1.29 is 4.42 Å². The minimum atomic E-state index is -0.0302. The van der Waals surface area contributed by atoms with Crippen molar-refractivity contribution >= 4 is 43.5 Å². The van der Waals surface area contributed by atoms with Crippen LogP contribution in [-0.4, -0.2) is 6.54 Å². The molecule has 0 aliphatic carbocycles. The first-order valence-electron chi connectivity index (χ1n) is 6.04. The van der Waals surface area contributed by atoms with Crippen LogP contribution in [0.2, 0.25) is 5.02 Å². The summed E-state index contributed by atoms with van der Waals surface area (Å²) in [5.74, 6) is 0.858. The van der Waals surface area contributed by atoms with E-state index < -0.39 is 0 Å². The fourth-order valence-corrected chi connectivity index (χ4v) is 2.97. The summed E-state index contributed by atoms with van der Waals surface area (Å²) in [4.78, 5) is 0. The van der Waals surface area contributed by atoms with E-state index in [1.165, 1.54) is 0 Å². The van der Waals surface area contributed by atoms with E-state index in [0.29, 0.717) is 5.02 Å². The first kappa shape index (κ1) is 15.1. The number of rotatable bonds is 5. The minimum absolute atomic E-state index is 0.0302. The molecular weight excluding hydrogens is 393 g/mol. The smallest absolute Gasteiger partial charge is 0.139 e. The summed E-state index contributed by atoms with van der Waals surface area (Å²) in [5.41, 5.74) is 1.07. The topological polar surface area (TPSA) is 25.2 Å². The minimum Gasteiger partial charge on any atom is -0.466 e. The molecule has 2 rings (SSSR count). The van der Waals surface area contributed by atoms with Crippen molar-refractivity contribution in [2.75, 3.05) is 6.54 Å². The molecule has 0 saturated carbocycles. The van der Waals surface area contributed by atoms with E-state index in [0.717, 1.165) is 33.2 Å². The maximum atomic E-state index is 6.11. The van der Waals surface area contributed by atoms with Crippen molar-refractivity contribution in [3.63, 3.8) is 0 Å². The molecule has 1 heterocycles. The zero-order chi connectivity index (χ0) is 13.8. The molecule has 5 heteroatoms. The first-order chi connectivity index (χ1) is 9.13. The third kappa shape index (κ3) is 3.63. The van der Waals surface area contributed by atoms with Gasteiger partial charge in [0.05, 0.1) is 16.8 Å². The van der Waals surface area contributed by atoms with E-state index in [2.05, 4.69) is 44.1 Å². The van der Waals surface area contributed by atoms with Crippen LogP contribution in [0.15, 0.2) is 43.9 Å². The van der Waals surface area contributed by atoms with Crippen LogP contribution in [0.1, 0.15) is 30.7 Å². The Morgan fingerprint density at radius 1 is 1.26 bits per heavy atom. The molecule has 1 aromatic carbocycles. The highest BCUT2D eigenvalue weighted by atomic mass is 79.9. The first-order valence-corrected chi connectivity index (χ1v) is 8.01. The molecule has 1 unspecified atom stereocenters. The third-order valence-corrected chi connectivity index (χ3v) is 4.39. The van der Waals surface area contributed by atoms with Gasteiger partial charge in [0.1, 0.15) is 5.76 Å². The van der Waals surface area contributed by atoms with Crippen LogP contribution < -0.4 is 5.32 Å². The molecule has 0 fully saturated rings. The highest BCUT2D eigenvalue weighted by molar-refractivity contribution is 9.10. The normalized spacial score (nSPS) is 12.6. The van der Waals surface area contributed by atoms with Gasteiger partial charge in [-0.05, 0) is 58.7 Å². The largest absolute Gasteiger partial charge is 0.466 e. The Balaban J connectivity index is 2.42. The monoisotopic (exact) mass is 405 g/mol. The van der Waals surface area contributed by atoms with Gasteiger partial charge in [0.2, 0.25) is 0 Å². The summed E-state index contributed by atoms with van der Waals surface area (Å²) < 4.78 is 7.56. The Bertz CT molecular complexity index is 556. The average Bonchev–Trinajstić information content (AvgIpc) is 2.80. The van der Waals surface area contributed by atoms with Gasteiger partial charge in [0.25, 0.3) is 0 Å². The molecule has 2 aromatic rings. The molecule has 0 spiro atoms. The maximum Gasteiger partial charge on any atom is 0.139 e. The summed E-state index contributed by atoms with van der Waals surface area (Å²) in [6.45, 7) is 3.03. The van der Waals surface area contributed by atoms with Crippen molar-refractivity contribution in [2.24, 2.45) is 0 Å². The van der Waals surface area contributed by atoms with E-state index in [1.54, 1.807) is 6.26 Å². The highest BCUT2D eigenvalue weighted by Crippen LogP contribution is 2.34. The van der Waals surface area contributed by atoms with Gasteiger partial charge < -0.3 is 9.73 Å². The van der Waals surface area contributed by atoms with Crippen LogP contribution in [0.3, 0.4) is 0 Å². The van der Waals surface area contributed by atoms with Gasteiger partial charge in [-0.15, -0.1) is 0 Å². The predicted molar refractivity (Wildman–Crippen MR) is 85.7 cm³/mol. The molecule has 2 nitrogen and oxygen atoms in total. The Morgan fingerprint density at radius 2 is 2.05 bits per heavy atom. The number of nitrogens with one attached hydrogen (secondary N) is 1. The number of halogens is 3. The molecular formula is C14H14Br2ClNO. The molecule has 0 aliphatic rings. The van der Waals surface area contributed by atoms with E-state index in [4.69, 9.17) is 16.0 Å². The molecule has 0 aliphatic heterocycles. The van der Waals surface area contributed by atoms with Gasteiger partial charge in [-0.2, -0.15) is 0 Å². The van der Waals surface area contributed by atoms with Crippen molar-refractivity contribution in [3.8, 4) is 0 Å². The summed E-state index contributed by atoms with van der Waals surface area (Å²) in [6, 6.07) is 7.64. The lowest BCUT2D eigenvalue weighted by Crippen LogP contribution is -2.23. The second-order valence-electron chi connectivity index (χ2n) is 4.19. The zero-order valence-electron chi connectivity index (χ0n) is 10.4. The quantitative estimate of drug-likeness (QED) is 0.703. The van der Waals surface area contributed by atoms with E-state index in [9.17, 15) is 0 Å². The Labute approximate surface area is 134 Å². The van der Waals surface area contributed by atoms with Crippen LogP contribution >= 0.6 is 43.5 Å². The van der Waals surface area contributed by atoms with E-state index in [-0.39, 0.29) is 6.04 Å². The van der Waals surface area contributed by atoms with Gasteiger partial charge in [-0.1, -0.05) is 34.5 Å². The third-order valence-electron chi connectivity index (χ3n) is 2.77. The molecule has 0 bridgehead atoms. The van der Waals surface area contributed by atoms with Crippen molar-refractivity contribution in [2.45, 2.75) is 19.4 Å². The van der Waals surface area contributed by atoms with Gasteiger partial charge in [0, 0.05) is 9.50 Å². The Kier molecular flexibility index (Phi) is 5.51. The van der Waals surface area contributed by atoms with E-state index >= 15 is 0 Å². The van der Waals surface area contributed by atoms with Crippen LogP contribution in [0.4, 0.5) is 0 Å². The van der Waals surface area contributed by atoms with Crippen molar-refractivity contribution in [3.05, 3.63) is 55.8 Å². The average molecular weight is 408 g/mol. The molecule has 0 saturated heterocycles. The molecule has 102 valence electrons. The molecule has 0 amide bonds. The van der Waals surface area contributed by atoms with Gasteiger partial charge in [0.15, 0.2) is 0 Å². The molecule has 19 heavy (non-hydrogen) atoms. The number of furan rings is 1. The lowest BCUT2D eigenvalue weighted by atomic mass is 10.0. The van der Waals surface area contributed by atoms with E-state index in [1.807, 2.05) is 24.3 Å². The van der Waals surface area contributed by atoms with Gasteiger partial charge in [-0.3, -0.25) is 0 Å². The molecule has 0 radical (unpaired) electrons. The molecule has 1 atom stereocenters. The lowest BCUT2D eigenvalue weighted by Gasteiger charge is -2.19. The summed E-state index contributed by atoms with van der Waals surface area (Å²) in [5, 5.41) is 4.20. The number of hydrogen-bond acceptors (Lipinski definition) is 2. The summed E-state index contributed by atoms with van der Waals surface area (Å²) in [6.07, 6.45) is 2.73. The van der Waals surface area contributed by atoms with Crippen molar-refractivity contribution in [1.29, 1.82) is 0 Å². The molecule has 1 aromatic heterocycles. The second-order valence-corrected chi connectivity index (χ2v) is 6.33. The Morgan fingerprint density at radius 3 is 2.68 bits per heavy atom. The maximum absolute atomic E-state index is 6.11. The predicted octanol–water partition coefficient (Wildman–Crippen LogP) is 5.55. The number of benzene rings is 1. The second kappa shape index (κ2) is 6.93. The fourth-order valence-electron chi connectivity index (χ4n) is 1.88. The van der Waals surface area contributed by atoms with Gasteiger partial charge in [-0.25, -0.2) is 0 Å². The van der Waals surface area contributed by atoms with Crippen LogP contribution in [0.25, 0.3) is 0 Å². The van der Waals surface area contributed by atoms with Crippen LogP contribution in [0, 0.1) is 0 Å². The standard InChI is InChI=1S/C14H14Br2ClNO/c1-2-6-18-13(14-12(16)5-7-19-14)10-8-9(17)3-4-11(10)15/h3-5,7-8,13,18H,2,6H2,1H3. The summed E-state index contributed by atoms with van der Waals surface area (Å²) >= 11 is 13.2. The Hall–Kier alpha value is -0.290. The highest BCUT2D eigenvalue weighted by Gasteiger charge is 2.21.